The Morgan fingerprint density at radius 1 is 0.652 bits per heavy atom. The van der Waals surface area contributed by atoms with Crippen LogP contribution in [-0.2, 0) is 47.6 Å². The molecule has 4 heterocycles. The molecule has 6 aromatic rings. The van der Waals surface area contributed by atoms with Crippen molar-refractivity contribution in [3.63, 3.8) is 0 Å². The number of thioether (sulfide) groups is 1. The van der Waals surface area contributed by atoms with Crippen LogP contribution in [0, 0.1) is 17.3 Å². The first-order valence-corrected chi connectivity index (χ1v) is 21.8. The SMILES string of the molecule is Cc1ccccc1CNC(=O)Cn1c(Cl)cnc(NCC(F)(F)c2cccc[n+]2[O-])c1=O.O=C(Cn1c(Cl)cnc(NCC(F)(F)c2cccc[n+]2[O-])c1=O)NCc1ccccc1SCC(F)(F)F. The number of pyridine rings is 2. The van der Waals surface area contributed by atoms with Crippen LogP contribution in [0.5, 0.6) is 0 Å². The lowest BCUT2D eigenvalue weighted by molar-refractivity contribution is -0.624. The second kappa shape index (κ2) is 23.4. The molecule has 69 heavy (non-hydrogen) atoms. The van der Waals surface area contributed by atoms with E-state index in [0.29, 0.717) is 22.2 Å². The van der Waals surface area contributed by atoms with Crippen molar-refractivity contribution >= 4 is 58.4 Å². The summed E-state index contributed by atoms with van der Waals surface area (Å²) >= 11 is 12.5. The number of alkyl halides is 7. The van der Waals surface area contributed by atoms with Crippen LogP contribution in [0.1, 0.15) is 28.1 Å². The molecular formula is C43H39Cl2F7N10O6S. The van der Waals surface area contributed by atoms with Crippen LogP contribution in [0.3, 0.4) is 0 Å². The van der Waals surface area contributed by atoms with Gasteiger partial charge in [-0.05, 0) is 41.8 Å². The number of hydrogen-bond donors (Lipinski definition) is 4. The van der Waals surface area contributed by atoms with E-state index in [4.69, 9.17) is 23.2 Å². The first-order valence-electron chi connectivity index (χ1n) is 20.0. The van der Waals surface area contributed by atoms with E-state index in [1.54, 1.807) is 18.2 Å². The van der Waals surface area contributed by atoms with Crippen molar-refractivity contribution in [1.29, 1.82) is 0 Å². The molecule has 4 aromatic heterocycles. The van der Waals surface area contributed by atoms with Gasteiger partial charge in [-0.2, -0.15) is 40.2 Å². The van der Waals surface area contributed by atoms with E-state index in [-0.39, 0.29) is 32.9 Å². The number of hydrogen-bond acceptors (Lipinski definition) is 11. The van der Waals surface area contributed by atoms with E-state index >= 15 is 0 Å². The van der Waals surface area contributed by atoms with Crippen LogP contribution in [-0.4, -0.2) is 55.9 Å². The molecule has 0 aliphatic carbocycles. The van der Waals surface area contributed by atoms with Crippen LogP contribution >= 0.6 is 35.0 Å². The minimum Gasteiger partial charge on any atom is -0.618 e. The third-order valence-corrected chi connectivity index (χ3v) is 11.3. The zero-order chi connectivity index (χ0) is 50.5. The van der Waals surface area contributed by atoms with Crippen molar-refractivity contribution in [2.75, 3.05) is 29.5 Å². The molecule has 16 nitrogen and oxygen atoms in total. The normalized spacial score (nSPS) is 11.6. The van der Waals surface area contributed by atoms with Gasteiger partial charge in [-0.1, -0.05) is 65.7 Å². The van der Waals surface area contributed by atoms with Crippen LogP contribution in [0.4, 0.5) is 42.4 Å². The highest BCUT2D eigenvalue weighted by atomic mass is 35.5. The second-order valence-electron chi connectivity index (χ2n) is 14.6. The molecule has 6 rings (SSSR count). The first-order chi connectivity index (χ1) is 32.6. The molecule has 0 atom stereocenters. The molecular weight excluding hydrogens is 988 g/mol. The highest BCUT2D eigenvalue weighted by molar-refractivity contribution is 7.99. The van der Waals surface area contributed by atoms with Crippen molar-refractivity contribution in [3.8, 4) is 0 Å². The Balaban J connectivity index is 0.000000260. The Morgan fingerprint density at radius 3 is 1.52 bits per heavy atom. The van der Waals surface area contributed by atoms with Crippen molar-refractivity contribution in [2.45, 2.75) is 56.0 Å². The van der Waals surface area contributed by atoms with E-state index in [1.807, 2.05) is 31.2 Å². The zero-order valence-corrected chi connectivity index (χ0v) is 38.1. The molecule has 2 aromatic carbocycles. The lowest BCUT2D eigenvalue weighted by Crippen LogP contribution is -2.41. The van der Waals surface area contributed by atoms with Crippen molar-refractivity contribution in [2.24, 2.45) is 0 Å². The summed E-state index contributed by atoms with van der Waals surface area (Å²) in [6, 6.07) is 20.8. The molecule has 0 saturated carbocycles. The van der Waals surface area contributed by atoms with Crippen molar-refractivity contribution < 1.29 is 49.8 Å². The number of benzene rings is 2. The van der Waals surface area contributed by atoms with Crippen molar-refractivity contribution in [3.05, 3.63) is 179 Å². The molecule has 0 fully saturated rings. The number of anilines is 2. The minimum atomic E-state index is -4.37. The average molecular weight is 1030 g/mol. The van der Waals surface area contributed by atoms with Gasteiger partial charge in [0.2, 0.25) is 11.8 Å². The smallest absolute Gasteiger partial charge is 0.398 e. The molecule has 366 valence electrons. The van der Waals surface area contributed by atoms with Crippen molar-refractivity contribution in [1.82, 2.24) is 29.7 Å². The number of rotatable bonds is 18. The van der Waals surface area contributed by atoms with E-state index in [1.165, 1.54) is 30.3 Å². The largest absolute Gasteiger partial charge is 0.618 e. The lowest BCUT2D eigenvalue weighted by atomic mass is 10.1. The summed E-state index contributed by atoms with van der Waals surface area (Å²) in [5.41, 5.74) is -1.10. The molecule has 0 spiro atoms. The van der Waals surface area contributed by atoms with Crippen LogP contribution in [0.15, 0.2) is 124 Å². The van der Waals surface area contributed by atoms with E-state index in [2.05, 4.69) is 31.2 Å². The third kappa shape index (κ3) is 15.0. The van der Waals surface area contributed by atoms with Gasteiger partial charge < -0.3 is 31.7 Å². The number of carbonyl (C=O) groups excluding carboxylic acids is 2. The maximum atomic E-state index is 14.5. The number of nitrogens with one attached hydrogen (secondary N) is 4. The molecule has 0 unspecified atom stereocenters. The summed E-state index contributed by atoms with van der Waals surface area (Å²) < 4.78 is 97.2. The van der Waals surface area contributed by atoms with Gasteiger partial charge in [-0.3, -0.25) is 28.3 Å². The maximum absolute atomic E-state index is 14.5. The maximum Gasteiger partial charge on any atom is 0.398 e. The quantitative estimate of drug-likeness (QED) is 0.0337. The van der Waals surface area contributed by atoms with Gasteiger partial charge in [0.1, 0.15) is 23.4 Å². The summed E-state index contributed by atoms with van der Waals surface area (Å²) in [5, 5.41) is 32.5. The van der Waals surface area contributed by atoms with Gasteiger partial charge in [0, 0.05) is 42.3 Å². The second-order valence-corrected chi connectivity index (χ2v) is 16.4. The summed E-state index contributed by atoms with van der Waals surface area (Å²) in [5.74, 6) is -10.5. The number of amides is 2. The molecule has 4 N–H and O–H groups in total. The number of halogens is 9. The summed E-state index contributed by atoms with van der Waals surface area (Å²) in [6.45, 7) is -1.18. The van der Waals surface area contributed by atoms with Crippen LogP contribution in [0.25, 0.3) is 0 Å². The van der Waals surface area contributed by atoms with Crippen LogP contribution < -0.4 is 41.8 Å². The third-order valence-electron chi connectivity index (χ3n) is 9.55. The Morgan fingerprint density at radius 2 is 1.07 bits per heavy atom. The number of aromatic nitrogens is 6. The predicted octanol–water partition coefficient (Wildman–Crippen LogP) is 6.06. The summed E-state index contributed by atoms with van der Waals surface area (Å²) in [7, 11) is 0. The average Bonchev–Trinajstić information content (AvgIpc) is 3.30. The molecule has 0 radical (unpaired) electrons. The standard InChI is InChI=1S/C22H19ClF5N5O3S.C21H20ClF2N5O3/c23-17-10-30-19(31-12-21(24,25)16-7-3-4-8-33(16)36)20(35)32(17)11-18(34)29-9-14-5-1-2-6-15(14)37-13-22(26,27)28;1-14-6-2-3-7-15(14)10-25-18(30)12-28-17(22)11-26-19(20(28)31)27-13-21(23,24)16-8-4-5-9-29(16)32/h1-8,10H,9,11-13H2,(H,29,34)(H,30,31);2-9,11H,10,12-13H2,1H3,(H,25,30)(H,26,27). The van der Waals surface area contributed by atoms with Gasteiger partial charge in [-0.25, -0.2) is 9.97 Å². The van der Waals surface area contributed by atoms with E-state index in [0.717, 1.165) is 57.2 Å². The topological polar surface area (TPSA) is 206 Å². The van der Waals surface area contributed by atoms with Gasteiger partial charge in [-0.15, -0.1) is 11.8 Å². The molecule has 0 saturated heterocycles. The number of nitrogens with zero attached hydrogens (tertiary/aromatic N) is 6. The molecule has 0 bridgehead atoms. The zero-order valence-electron chi connectivity index (χ0n) is 35.8. The van der Waals surface area contributed by atoms with E-state index in [9.17, 15) is 60.3 Å². The molecule has 2 amide bonds. The molecule has 26 heteroatoms. The summed E-state index contributed by atoms with van der Waals surface area (Å²) in [4.78, 5) is 57.9. The fraction of sp³-hybridized carbons (Fsp3) is 0.256. The highest BCUT2D eigenvalue weighted by Gasteiger charge is 2.40. The predicted molar refractivity (Wildman–Crippen MR) is 241 cm³/mol. The van der Waals surface area contributed by atoms with Gasteiger partial charge in [0.25, 0.3) is 22.5 Å². The Bertz CT molecular complexity index is 2890. The van der Waals surface area contributed by atoms with Gasteiger partial charge >= 0.3 is 18.0 Å². The molecule has 0 aliphatic heterocycles. The Hall–Kier alpha value is -6.92. The number of aryl methyl sites for hydroxylation is 1. The fourth-order valence-electron chi connectivity index (χ4n) is 6.01. The Kier molecular flexibility index (Phi) is 18.0. The molecule has 0 aliphatic rings. The monoisotopic (exact) mass is 1030 g/mol. The fourth-order valence-corrected chi connectivity index (χ4v) is 7.20. The minimum absolute atomic E-state index is 0.000620. The van der Waals surface area contributed by atoms with E-state index < -0.39 is 95.9 Å². The number of carbonyl (C=O) groups is 2. The van der Waals surface area contributed by atoms with Gasteiger partial charge in [0.15, 0.2) is 24.0 Å². The Labute approximate surface area is 401 Å². The lowest BCUT2D eigenvalue weighted by Gasteiger charge is -2.17. The van der Waals surface area contributed by atoms with Crippen LogP contribution in [0.2, 0.25) is 10.3 Å². The van der Waals surface area contributed by atoms with Gasteiger partial charge in [0.05, 0.1) is 31.2 Å². The summed E-state index contributed by atoms with van der Waals surface area (Å²) in [6.07, 6.45) is -0.452. The first kappa shape index (κ1) is 53.0. The highest BCUT2D eigenvalue weighted by Crippen LogP contribution is 2.30.